The molecule has 1 aromatic heterocycles. The highest BCUT2D eigenvalue weighted by atomic mass is 16.5. The summed E-state index contributed by atoms with van der Waals surface area (Å²) in [5.74, 6) is -0.357. The van der Waals surface area contributed by atoms with Crippen LogP contribution in [0.1, 0.15) is 19.4 Å². The first-order valence-corrected chi connectivity index (χ1v) is 8.24. The fourth-order valence-electron chi connectivity index (χ4n) is 2.82. The summed E-state index contributed by atoms with van der Waals surface area (Å²) in [5.41, 5.74) is 1.80. The number of rotatable bonds is 8. The van der Waals surface area contributed by atoms with Crippen molar-refractivity contribution in [3.63, 3.8) is 0 Å². The zero-order valence-electron chi connectivity index (χ0n) is 14.9. The fourth-order valence-corrected chi connectivity index (χ4v) is 2.82. The van der Waals surface area contributed by atoms with Crippen molar-refractivity contribution in [1.82, 2.24) is 10.3 Å². The number of H-pyrrole nitrogens is 1. The summed E-state index contributed by atoms with van der Waals surface area (Å²) in [6.07, 6.45) is 0.659. The van der Waals surface area contributed by atoms with Gasteiger partial charge in [0.2, 0.25) is 0 Å². The highest BCUT2D eigenvalue weighted by molar-refractivity contribution is 5.91. The number of amides is 1. The van der Waals surface area contributed by atoms with E-state index in [1.807, 2.05) is 24.3 Å². The average molecular weight is 358 g/mol. The predicted octanol–water partition coefficient (Wildman–Crippen LogP) is 1.71. The summed E-state index contributed by atoms with van der Waals surface area (Å²) < 4.78 is 5.10. The Balaban J connectivity index is 2.21. The zero-order valence-corrected chi connectivity index (χ0v) is 14.9. The van der Waals surface area contributed by atoms with Crippen LogP contribution in [0.3, 0.4) is 0 Å². The van der Waals surface area contributed by atoms with Gasteiger partial charge in [0, 0.05) is 30.6 Å². The van der Waals surface area contributed by atoms with Crippen molar-refractivity contribution in [3.05, 3.63) is 41.6 Å². The lowest BCUT2D eigenvalue weighted by molar-refractivity contribution is -0.143. The van der Waals surface area contributed by atoms with Gasteiger partial charge in [0.15, 0.2) is 6.10 Å². The van der Waals surface area contributed by atoms with Crippen LogP contribution in [0, 0.1) is 5.92 Å². The second-order valence-corrected chi connectivity index (χ2v) is 6.29. The maximum absolute atomic E-state index is 12.5. The van der Waals surface area contributed by atoms with E-state index in [0.717, 1.165) is 16.5 Å². The highest BCUT2D eigenvalue weighted by Gasteiger charge is 2.30. The number of nitrogens with one attached hydrogen (secondary N) is 2. The van der Waals surface area contributed by atoms with Gasteiger partial charge in [0.1, 0.15) is 12.0 Å². The van der Waals surface area contributed by atoms with Gasteiger partial charge in [-0.3, -0.25) is 4.79 Å². The first kappa shape index (κ1) is 19.4. The molecule has 3 N–H and O–H groups in total. The third-order valence-corrected chi connectivity index (χ3v) is 4.21. The van der Waals surface area contributed by atoms with E-state index in [1.165, 1.54) is 7.11 Å². The van der Waals surface area contributed by atoms with Gasteiger partial charge in [-0.05, 0) is 17.5 Å². The van der Waals surface area contributed by atoms with Crippen molar-refractivity contribution in [2.45, 2.75) is 32.4 Å². The largest absolute Gasteiger partial charge is 0.480 e. The number of aromatic nitrogens is 1. The molecular weight excluding hydrogens is 336 g/mol. The molecule has 1 amide bonds. The molecule has 26 heavy (non-hydrogen) atoms. The third kappa shape index (κ3) is 4.20. The molecule has 0 spiro atoms. The number of carboxylic acids is 1. The second kappa shape index (κ2) is 8.47. The number of methoxy groups -OCH3 is 1. The Morgan fingerprint density at radius 3 is 2.58 bits per heavy atom. The third-order valence-electron chi connectivity index (χ3n) is 4.21. The Kier molecular flexibility index (Phi) is 6.33. The molecule has 0 saturated heterocycles. The van der Waals surface area contributed by atoms with Crippen molar-refractivity contribution < 1.29 is 24.2 Å². The van der Waals surface area contributed by atoms with Crippen LogP contribution in [0.4, 0.5) is 0 Å². The van der Waals surface area contributed by atoms with E-state index in [9.17, 15) is 19.5 Å². The number of carbonyl (C=O) groups is 2. The fraction of sp³-hybridized carbons (Fsp3) is 0.368. The maximum atomic E-state index is 12.5. The van der Waals surface area contributed by atoms with Crippen molar-refractivity contribution >= 4 is 28.7 Å². The first-order chi connectivity index (χ1) is 12.4. The molecule has 1 unspecified atom stereocenters. The van der Waals surface area contributed by atoms with E-state index in [1.54, 1.807) is 26.0 Å². The van der Waals surface area contributed by atoms with Crippen LogP contribution in [0.2, 0.25) is 0 Å². The number of aliphatic carboxylic acids is 1. The molecule has 2 aromatic rings. The number of hydrogen-bond donors (Lipinski definition) is 3. The van der Waals surface area contributed by atoms with Crippen LogP contribution in [-0.4, -0.2) is 47.2 Å². The van der Waals surface area contributed by atoms with E-state index in [4.69, 9.17) is 4.74 Å². The standard InChI is InChI=1S/C19H22N2O5/c1-11(2)14(10-22)17(26-3)18(23)21-16(19(24)25)8-12-9-20-15-7-5-4-6-13(12)15/h4-7,9,11,16-17,20H,8H2,1-3H3,(H,21,23)(H,24,25)/t16-,17?/m0/s1. The molecule has 0 bridgehead atoms. The smallest absolute Gasteiger partial charge is 0.326 e. The van der Waals surface area contributed by atoms with Gasteiger partial charge in [0.25, 0.3) is 5.91 Å². The molecule has 1 aromatic carbocycles. The SMILES string of the molecule is COC(C(=O)N[C@@H](Cc1c[nH]c2ccccc12)C(=O)O)C(=C=O)C(C)C. The van der Waals surface area contributed by atoms with Crippen molar-refractivity contribution in [3.8, 4) is 0 Å². The Morgan fingerprint density at radius 2 is 2.00 bits per heavy atom. The van der Waals surface area contributed by atoms with Crippen molar-refractivity contribution in [2.24, 2.45) is 5.92 Å². The number of hydrogen-bond acceptors (Lipinski definition) is 4. The van der Waals surface area contributed by atoms with Gasteiger partial charge in [0.05, 0.1) is 5.57 Å². The minimum absolute atomic E-state index is 0.101. The molecule has 138 valence electrons. The molecular formula is C19H22N2O5. The molecule has 0 saturated carbocycles. The van der Waals surface area contributed by atoms with E-state index >= 15 is 0 Å². The summed E-state index contributed by atoms with van der Waals surface area (Å²) in [4.78, 5) is 38.3. The number of carbonyl (C=O) groups excluding carboxylic acids is 2. The number of fused-ring (bicyclic) bond motifs is 1. The van der Waals surface area contributed by atoms with Gasteiger partial charge < -0.3 is 20.1 Å². The van der Waals surface area contributed by atoms with Crippen LogP contribution < -0.4 is 5.32 Å². The van der Waals surface area contributed by atoms with Crippen LogP contribution in [0.25, 0.3) is 10.9 Å². The Bertz CT molecular complexity index is 848. The Labute approximate surface area is 151 Å². The zero-order chi connectivity index (χ0) is 19.3. The first-order valence-electron chi connectivity index (χ1n) is 8.24. The quantitative estimate of drug-likeness (QED) is 0.623. The second-order valence-electron chi connectivity index (χ2n) is 6.29. The predicted molar refractivity (Wildman–Crippen MR) is 96.4 cm³/mol. The molecule has 2 rings (SSSR count). The number of para-hydroxylation sites is 1. The van der Waals surface area contributed by atoms with Gasteiger partial charge in [-0.15, -0.1) is 0 Å². The van der Waals surface area contributed by atoms with Crippen LogP contribution in [0.5, 0.6) is 0 Å². The van der Waals surface area contributed by atoms with Gasteiger partial charge in [-0.1, -0.05) is 32.0 Å². The lowest BCUT2D eigenvalue weighted by Gasteiger charge is -2.21. The Hall–Kier alpha value is -2.89. The number of carboxylic acid groups (broad SMARTS) is 1. The molecule has 7 heteroatoms. The summed E-state index contributed by atoms with van der Waals surface area (Å²) in [6.45, 7) is 3.47. The summed E-state index contributed by atoms with van der Waals surface area (Å²) in [5, 5.41) is 12.9. The molecule has 1 heterocycles. The van der Waals surface area contributed by atoms with Gasteiger partial charge in [-0.25, -0.2) is 9.59 Å². The van der Waals surface area contributed by atoms with E-state index in [2.05, 4.69) is 10.3 Å². The molecule has 0 aliphatic carbocycles. The maximum Gasteiger partial charge on any atom is 0.326 e. The normalized spacial score (nSPS) is 13.2. The topological polar surface area (TPSA) is 108 Å². The van der Waals surface area contributed by atoms with Crippen LogP contribution in [-0.2, 0) is 25.5 Å². The lowest BCUT2D eigenvalue weighted by atomic mass is 9.98. The van der Waals surface area contributed by atoms with Crippen LogP contribution in [0.15, 0.2) is 36.0 Å². The number of aromatic amines is 1. The molecule has 0 radical (unpaired) electrons. The molecule has 2 atom stereocenters. The lowest BCUT2D eigenvalue weighted by Crippen LogP contribution is -2.48. The Morgan fingerprint density at radius 1 is 1.31 bits per heavy atom. The molecule has 0 fully saturated rings. The average Bonchev–Trinajstić information content (AvgIpc) is 3.01. The van der Waals surface area contributed by atoms with Gasteiger partial charge in [-0.2, -0.15) is 0 Å². The monoisotopic (exact) mass is 358 g/mol. The summed E-state index contributed by atoms with van der Waals surface area (Å²) in [7, 11) is 1.29. The number of benzene rings is 1. The summed E-state index contributed by atoms with van der Waals surface area (Å²) in [6, 6.07) is 6.35. The van der Waals surface area contributed by atoms with Crippen molar-refractivity contribution in [1.29, 1.82) is 0 Å². The van der Waals surface area contributed by atoms with Crippen molar-refractivity contribution in [2.75, 3.05) is 7.11 Å². The van der Waals surface area contributed by atoms with E-state index < -0.39 is 24.0 Å². The minimum Gasteiger partial charge on any atom is -0.480 e. The van der Waals surface area contributed by atoms with Gasteiger partial charge >= 0.3 is 5.97 Å². The van der Waals surface area contributed by atoms with Crippen LogP contribution >= 0.6 is 0 Å². The number of ether oxygens (including phenoxy) is 1. The van der Waals surface area contributed by atoms with E-state index in [0.29, 0.717) is 0 Å². The van der Waals surface area contributed by atoms with E-state index in [-0.39, 0.29) is 17.9 Å². The molecule has 7 nitrogen and oxygen atoms in total. The summed E-state index contributed by atoms with van der Waals surface area (Å²) >= 11 is 0. The molecule has 0 aliphatic rings. The highest BCUT2D eigenvalue weighted by Crippen LogP contribution is 2.20. The minimum atomic E-state index is -1.17. The molecule has 0 aliphatic heterocycles.